The van der Waals surface area contributed by atoms with E-state index >= 15 is 0 Å². The van der Waals surface area contributed by atoms with Crippen LogP contribution in [-0.4, -0.2) is 20.9 Å². The molecule has 1 N–H and O–H groups in total. The van der Waals surface area contributed by atoms with Gasteiger partial charge in [0.1, 0.15) is 6.07 Å². The van der Waals surface area contributed by atoms with Gasteiger partial charge in [-0.1, -0.05) is 12.8 Å². The fourth-order valence-corrected chi connectivity index (χ4v) is 2.29. The summed E-state index contributed by atoms with van der Waals surface area (Å²) in [4.78, 5) is 11.1. The van der Waals surface area contributed by atoms with Gasteiger partial charge in [0.25, 0.3) is 0 Å². The molecule has 2 unspecified atom stereocenters. The molecule has 1 aliphatic rings. The Bertz CT molecular complexity index is 433. The highest BCUT2D eigenvalue weighted by atomic mass is 16.4. The van der Waals surface area contributed by atoms with Gasteiger partial charge in [0.2, 0.25) is 0 Å². The summed E-state index contributed by atoms with van der Waals surface area (Å²) < 4.78 is 1.64. The minimum Gasteiger partial charge on any atom is -0.481 e. The predicted octanol–water partition coefficient (Wildman–Crippen LogP) is 1.57. The number of carboxylic acid groups (broad SMARTS) is 1. The van der Waals surface area contributed by atoms with E-state index in [-0.39, 0.29) is 12.0 Å². The van der Waals surface area contributed by atoms with Crippen molar-refractivity contribution in [1.82, 2.24) is 9.78 Å². The molecule has 5 heteroatoms. The Morgan fingerprint density at radius 3 is 2.94 bits per heavy atom. The molecule has 2 atom stereocenters. The molecule has 16 heavy (non-hydrogen) atoms. The van der Waals surface area contributed by atoms with Crippen molar-refractivity contribution in [2.75, 3.05) is 0 Å². The van der Waals surface area contributed by atoms with Crippen molar-refractivity contribution >= 4 is 5.97 Å². The largest absolute Gasteiger partial charge is 0.481 e. The molecule has 0 saturated heterocycles. The lowest BCUT2D eigenvalue weighted by atomic mass is 9.84. The quantitative estimate of drug-likeness (QED) is 0.818. The first-order valence-corrected chi connectivity index (χ1v) is 5.39. The summed E-state index contributed by atoms with van der Waals surface area (Å²) in [5, 5.41) is 21.9. The lowest BCUT2D eigenvalue weighted by Crippen LogP contribution is -2.29. The Kier molecular flexibility index (Phi) is 2.91. The maximum Gasteiger partial charge on any atom is 0.308 e. The molecule has 1 aliphatic carbocycles. The van der Waals surface area contributed by atoms with E-state index in [1.165, 1.54) is 6.20 Å². The van der Waals surface area contributed by atoms with Crippen molar-refractivity contribution in [1.29, 1.82) is 5.26 Å². The lowest BCUT2D eigenvalue weighted by Gasteiger charge is -2.28. The van der Waals surface area contributed by atoms with E-state index in [4.69, 9.17) is 10.4 Å². The van der Waals surface area contributed by atoms with Crippen LogP contribution >= 0.6 is 0 Å². The number of nitriles is 1. The van der Waals surface area contributed by atoms with Crippen LogP contribution in [0.1, 0.15) is 37.3 Å². The number of carbonyl (C=O) groups is 1. The van der Waals surface area contributed by atoms with Crippen molar-refractivity contribution in [2.24, 2.45) is 5.92 Å². The summed E-state index contributed by atoms with van der Waals surface area (Å²) in [6.45, 7) is 0. The van der Waals surface area contributed by atoms with Gasteiger partial charge in [0, 0.05) is 6.20 Å². The molecule has 1 fully saturated rings. The number of aromatic nitrogens is 2. The zero-order chi connectivity index (χ0) is 11.5. The van der Waals surface area contributed by atoms with Gasteiger partial charge >= 0.3 is 5.97 Å². The third kappa shape index (κ3) is 1.91. The second kappa shape index (κ2) is 4.35. The van der Waals surface area contributed by atoms with Gasteiger partial charge in [0.15, 0.2) is 0 Å². The number of aliphatic carboxylic acids is 1. The maximum absolute atomic E-state index is 11.1. The Hall–Kier alpha value is -1.83. The van der Waals surface area contributed by atoms with Crippen LogP contribution < -0.4 is 0 Å². The van der Waals surface area contributed by atoms with Gasteiger partial charge in [-0.2, -0.15) is 10.4 Å². The highest BCUT2D eigenvalue weighted by Gasteiger charge is 2.32. The Morgan fingerprint density at radius 2 is 2.31 bits per heavy atom. The van der Waals surface area contributed by atoms with Gasteiger partial charge < -0.3 is 5.11 Å². The topological polar surface area (TPSA) is 78.9 Å². The molecule has 1 aromatic heterocycles. The summed E-state index contributed by atoms with van der Waals surface area (Å²) in [7, 11) is 0. The summed E-state index contributed by atoms with van der Waals surface area (Å²) in [5.41, 5.74) is 0.481. The van der Waals surface area contributed by atoms with E-state index in [9.17, 15) is 4.79 Å². The smallest absolute Gasteiger partial charge is 0.308 e. The van der Waals surface area contributed by atoms with Crippen LogP contribution in [0.4, 0.5) is 0 Å². The van der Waals surface area contributed by atoms with E-state index in [1.54, 1.807) is 10.9 Å². The normalized spacial score (nSPS) is 24.9. The number of hydrogen-bond acceptors (Lipinski definition) is 3. The highest BCUT2D eigenvalue weighted by molar-refractivity contribution is 5.70. The summed E-state index contributed by atoms with van der Waals surface area (Å²) in [5.74, 6) is -1.14. The Balaban J connectivity index is 2.23. The number of rotatable bonds is 2. The predicted molar refractivity (Wildman–Crippen MR) is 55.6 cm³/mol. The van der Waals surface area contributed by atoms with E-state index in [0.717, 1.165) is 19.3 Å². The standard InChI is InChI=1S/C11H13N3O2/c12-5-8-6-13-14(7-8)10-4-2-1-3-9(10)11(15)16/h6-7,9-10H,1-4H2,(H,15,16). The van der Waals surface area contributed by atoms with Crippen molar-refractivity contribution in [3.8, 4) is 6.07 Å². The summed E-state index contributed by atoms with van der Waals surface area (Å²) in [6.07, 6.45) is 6.61. The van der Waals surface area contributed by atoms with E-state index in [1.807, 2.05) is 6.07 Å². The third-order valence-corrected chi connectivity index (χ3v) is 3.12. The van der Waals surface area contributed by atoms with Crippen molar-refractivity contribution < 1.29 is 9.90 Å². The Morgan fingerprint density at radius 1 is 1.56 bits per heavy atom. The first kappa shape index (κ1) is 10.7. The van der Waals surface area contributed by atoms with Crippen LogP contribution in [0.25, 0.3) is 0 Å². The van der Waals surface area contributed by atoms with E-state index < -0.39 is 5.97 Å². The average molecular weight is 219 g/mol. The Labute approximate surface area is 93.3 Å². The van der Waals surface area contributed by atoms with Crippen LogP contribution in [0.2, 0.25) is 0 Å². The van der Waals surface area contributed by atoms with Crippen LogP contribution in [0.3, 0.4) is 0 Å². The van der Waals surface area contributed by atoms with E-state index in [0.29, 0.717) is 12.0 Å². The van der Waals surface area contributed by atoms with Crippen molar-refractivity contribution in [2.45, 2.75) is 31.7 Å². The molecule has 5 nitrogen and oxygen atoms in total. The third-order valence-electron chi connectivity index (χ3n) is 3.12. The minimum atomic E-state index is -0.765. The molecular formula is C11H13N3O2. The van der Waals surface area contributed by atoms with Crippen LogP contribution in [0.15, 0.2) is 12.4 Å². The van der Waals surface area contributed by atoms with Gasteiger partial charge in [-0.25, -0.2) is 0 Å². The van der Waals surface area contributed by atoms with Gasteiger partial charge in [-0.3, -0.25) is 9.48 Å². The minimum absolute atomic E-state index is 0.103. The monoisotopic (exact) mass is 219 g/mol. The average Bonchev–Trinajstić information content (AvgIpc) is 2.77. The summed E-state index contributed by atoms with van der Waals surface area (Å²) >= 11 is 0. The zero-order valence-electron chi connectivity index (χ0n) is 8.83. The fourth-order valence-electron chi connectivity index (χ4n) is 2.29. The molecule has 84 valence electrons. The van der Waals surface area contributed by atoms with Crippen molar-refractivity contribution in [3.05, 3.63) is 18.0 Å². The molecule has 0 bridgehead atoms. The number of carboxylic acids is 1. The SMILES string of the molecule is N#Cc1cnn(C2CCCCC2C(=O)O)c1. The molecule has 1 saturated carbocycles. The van der Waals surface area contributed by atoms with Crippen LogP contribution in [0, 0.1) is 17.2 Å². The second-order valence-corrected chi connectivity index (χ2v) is 4.12. The maximum atomic E-state index is 11.1. The first-order chi connectivity index (χ1) is 7.72. The summed E-state index contributed by atoms with van der Waals surface area (Å²) in [6, 6.07) is 1.90. The highest BCUT2D eigenvalue weighted by Crippen LogP contribution is 2.33. The number of hydrogen-bond donors (Lipinski definition) is 1. The molecule has 0 aromatic carbocycles. The molecule has 2 rings (SSSR count). The van der Waals surface area contributed by atoms with Gasteiger partial charge in [-0.05, 0) is 12.8 Å². The first-order valence-electron chi connectivity index (χ1n) is 5.39. The molecule has 0 aliphatic heterocycles. The molecule has 0 radical (unpaired) electrons. The molecule has 0 spiro atoms. The van der Waals surface area contributed by atoms with Gasteiger partial charge in [-0.15, -0.1) is 0 Å². The second-order valence-electron chi connectivity index (χ2n) is 4.12. The van der Waals surface area contributed by atoms with E-state index in [2.05, 4.69) is 5.10 Å². The number of nitrogens with zero attached hydrogens (tertiary/aromatic N) is 3. The molecule has 0 amide bonds. The van der Waals surface area contributed by atoms with Crippen LogP contribution in [0.5, 0.6) is 0 Å². The fraction of sp³-hybridized carbons (Fsp3) is 0.545. The lowest BCUT2D eigenvalue weighted by molar-refractivity contribution is -0.144. The molecular weight excluding hydrogens is 206 g/mol. The molecule has 1 aromatic rings. The zero-order valence-corrected chi connectivity index (χ0v) is 8.83. The van der Waals surface area contributed by atoms with Crippen molar-refractivity contribution in [3.63, 3.8) is 0 Å². The molecule has 1 heterocycles. The van der Waals surface area contributed by atoms with Crippen LogP contribution in [-0.2, 0) is 4.79 Å². The van der Waals surface area contributed by atoms with Gasteiger partial charge in [0.05, 0.1) is 23.7 Å².